The molecule has 0 aromatic carbocycles. The molecule has 334 valence electrons. The third-order valence-electron chi connectivity index (χ3n) is 8.08. The zero-order chi connectivity index (χ0) is 44.3. The van der Waals surface area contributed by atoms with Gasteiger partial charge in [-0.1, -0.05) is 25.6 Å². The van der Waals surface area contributed by atoms with Crippen LogP contribution in [0.15, 0.2) is 17.6 Å². The Morgan fingerprint density at radius 2 is 1.76 bits per heavy atom. The number of rotatable bonds is 24. The third kappa shape index (κ3) is 16.0. The van der Waals surface area contributed by atoms with E-state index in [4.69, 9.17) is 31.0 Å². The first-order valence-electron chi connectivity index (χ1n) is 17.3. The Morgan fingerprint density at radius 3 is 2.42 bits per heavy atom. The van der Waals surface area contributed by atoms with Crippen molar-refractivity contribution < 1.29 is 86.2 Å². The van der Waals surface area contributed by atoms with E-state index in [2.05, 4.69) is 45.1 Å². The van der Waals surface area contributed by atoms with Crippen molar-refractivity contribution in [3.63, 3.8) is 0 Å². The number of hydrogen-bond acceptors (Lipinski definition) is 19. The van der Waals surface area contributed by atoms with E-state index in [9.17, 15) is 57.9 Å². The maximum atomic E-state index is 12.7. The fourth-order valence-corrected chi connectivity index (χ4v) is 8.65. The highest BCUT2D eigenvalue weighted by molar-refractivity contribution is 8.13. The SMILES string of the molecule is CC(C)(COP(=O)(O)OP(=O)(O)OCC1OC(n2cnc3c(N)ncnc32)C(O)C1OP(=O)(O)O)C(O)C(=O)NCCC(=O)NCCSC(=O)C([NH3+])CCCN=C(N)N. The number of hydrogen-bond donors (Lipinski definition) is 12. The molecule has 0 bridgehead atoms. The van der Waals surface area contributed by atoms with Crippen molar-refractivity contribution in [2.75, 3.05) is 44.3 Å². The number of amides is 2. The summed E-state index contributed by atoms with van der Waals surface area (Å²) < 4.78 is 62.1. The number of guanidine groups is 1. The highest BCUT2D eigenvalue weighted by Crippen LogP contribution is 2.61. The Balaban J connectivity index is 1.45. The van der Waals surface area contributed by atoms with Gasteiger partial charge in [0.05, 0.1) is 19.5 Å². The first-order valence-corrected chi connectivity index (χ1v) is 22.8. The van der Waals surface area contributed by atoms with E-state index in [0.29, 0.717) is 19.4 Å². The van der Waals surface area contributed by atoms with Crippen molar-refractivity contribution in [1.82, 2.24) is 30.2 Å². The number of quaternary nitrogens is 1. The quantitative estimate of drug-likeness (QED) is 0.0209. The van der Waals surface area contributed by atoms with Gasteiger partial charge in [-0.3, -0.25) is 37.5 Å². The van der Waals surface area contributed by atoms with Gasteiger partial charge in [0.15, 0.2) is 29.7 Å². The molecule has 3 rings (SSSR count). The number of aromatic nitrogens is 4. The first kappa shape index (κ1) is 50.1. The molecular weight excluding hydrogens is 875 g/mol. The minimum Gasteiger partial charge on any atom is -0.386 e. The van der Waals surface area contributed by atoms with Gasteiger partial charge in [0.2, 0.25) is 16.9 Å². The van der Waals surface area contributed by atoms with E-state index in [1.165, 1.54) is 13.8 Å². The van der Waals surface area contributed by atoms with E-state index >= 15 is 0 Å². The molecule has 1 aliphatic heterocycles. The summed E-state index contributed by atoms with van der Waals surface area (Å²) in [4.78, 5) is 91.7. The summed E-state index contributed by atoms with van der Waals surface area (Å²) >= 11 is 0.995. The maximum absolute atomic E-state index is 12.7. The second-order valence-corrected chi connectivity index (χ2v) is 18.7. The van der Waals surface area contributed by atoms with Crippen LogP contribution in [0.2, 0.25) is 0 Å². The minimum absolute atomic E-state index is 0.0243. The lowest BCUT2D eigenvalue weighted by Gasteiger charge is -2.30. The van der Waals surface area contributed by atoms with Gasteiger partial charge < -0.3 is 68.1 Å². The van der Waals surface area contributed by atoms with Crippen LogP contribution >= 0.6 is 35.2 Å². The van der Waals surface area contributed by atoms with Gasteiger partial charge in [-0.05, 0) is 6.42 Å². The molecule has 1 fully saturated rings. The average Bonchev–Trinajstić information content (AvgIpc) is 3.69. The van der Waals surface area contributed by atoms with Crippen molar-refractivity contribution in [2.45, 2.75) is 69.8 Å². The summed E-state index contributed by atoms with van der Waals surface area (Å²) in [7, 11) is -16.4. The molecule has 17 N–H and O–H groups in total. The van der Waals surface area contributed by atoms with Crippen molar-refractivity contribution in [3.8, 4) is 0 Å². The number of fused-ring (bicyclic) bond motifs is 1. The van der Waals surface area contributed by atoms with Gasteiger partial charge in [-0.25, -0.2) is 28.6 Å². The predicted molar refractivity (Wildman–Crippen MR) is 204 cm³/mol. The molecule has 1 saturated heterocycles. The molecule has 0 spiro atoms. The summed E-state index contributed by atoms with van der Waals surface area (Å²) in [6.45, 7) is 0.725. The van der Waals surface area contributed by atoms with Gasteiger partial charge in [-0.15, -0.1) is 0 Å². The highest BCUT2D eigenvalue weighted by atomic mass is 32.2. The van der Waals surface area contributed by atoms with Gasteiger partial charge >= 0.3 is 23.5 Å². The number of anilines is 1. The zero-order valence-corrected chi connectivity index (χ0v) is 35.1. The molecular formula is C27H49N11O17P3S+. The largest absolute Gasteiger partial charge is 0.481 e. The van der Waals surface area contributed by atoms with Gasteiger partial charge in [0.1, 0.15) is 36.3 Å². The molecule has 2 aromatic rings. The Hall–Kier alpha value is -3.21. The molecule has 32 heteroatoms. The standard InChI is InChI=1S/C27H48N11O17P3S/c1-27(2,20(41)23(42)33-7-5-16(39)32-8-9-59-25(43)14(28)4-3-6-34-26(30)31)11-52-58(49,50)55-57(47,48)51-10-15-19(54-56(44,45)46)18(40)24(53-15)38-13-37-17-21(29)35-12-36-22(17)38/h12-15,18-20,24,40-41H,3-11,28H2,1-2H3,(H,32,39)(H,33,42)(H,47,48)(H,49,50)(H2,29,35,36)(H4,30,31,34)(H2,44,45,46)/p+1. The van der Waals surface area contributed by atoms with Crippen LogP contribution < -0.4 is 33.6 Å². The smallest absolute Gasteiger partial charge is 0.386 e. The molecule has 0 aliphatic carbocycles. The fraction of sp³-hybridized carbons (Fsp3) is 0.667. The lowest BCUT2D eigenvalue weighted by molar-refractivity contribution is -0.402. The first-order chi connectivity index (χ1) is 27.3. The maximum Gasteiger partial charge on any atom is 0.481 e. The lowest BCUT2D eigenvalue weighted by Crippen LogP contribution is -2.64. The van der Waals surface area contributed by atoms with Gasteiger partial charge in [0, 0.05) is 43.6 Å². The molecule has 28 nitrogen and oxygen atoms in total. The average molecular weight is 925 g/mol. The van der Waals surface area contributed by atoms with Crippen LogP contribution in [-0.4, -0.2) is 141 Å². The molecule has 8 atom stereocenters. The molecule has 0 saturated carbocycles. The van der Waals surface area contributed by atoms with Gasteiger partial charge in [-0.2, -0.15) is 4.31 Å². The number of aliphatic hydroxyl groups is 2. The number of carbonyl (C=O) groups is 3. The van der Waals surface area contributed by atoms with Crippen LogP contribution in [-0.2, 0) is 50.7 Å². The van der Waals surface area contributed by atoms with E-state index in [0.717, 1.165) is 29.0 Å². The van der Waals surface area contributed by atoms with Crippen molar-refractivity contribution in [1.29, 1.82) is 0 Å². The molecule has 8 unspecified atom stereocenters. The number of phosphoric ester groups is 3. The van der Waals surface area contributed by atoms with Crippen LogP contribution in [0.5, 0.6) is 0 Å². The van der Waals surface area contributed by atoms with E-state index in [1.54, 1.807) is 0 Å². The topological polar surface area (TPSA) is 456 Å². The molecule has 2 amide bonds. The highest BCUT2D eigenvalue weighted by Gasteiger charge is 2.50. The normalized spacial score (nSPS) is 21.6. The number of nitrogens with two attached hydrogens (primary N) is 3. The van der Waals surface area contributed by atoms with Crippen LogP contribution in [0.3, 0.4) is 0 Å². The number of ether oxygens (including phenoxy) is 1. The number of aliphatic imine (C=N–C) groups is 1. The minimum atomic E-state index is -5.58. The Morgan fingerprint density at radius 1 is 1.08 bits per heavy atom. The monoisotopic (exact) mass is 924 g/mol. The summed E-state index contributed by atoms with van der Waals surface area (Å²) in [6, 6.07) is -0.484. The Kier molecular flexibility index (Phi) is 18.3. The molecule has 0 radical (unpaired) electrons. The second-order valence-electron chi connectivity index (χ2n) is 13.4. The molecule has 3 heterocycles. The van der Waals surface area contributed by atoms with E-state index in [-0.39, 0.29) is 53.3 Å². The van der Waals surface area contributed by atoms with Crippen LogP contribution in [0.25, 0.3) is 11.2 Å². The summed E-state index contributed by atoms with van der Waals surface area (Å²) in [5, 5.41) is 26.2. The van der Waals surface area contributed by atoms with Crippen LogP contribution in [0, 0.1) is 5.41 Å². The fourth-order valence-electron chi connectivity index (χ4n) is 5.06. The second kappa shape index (κ2) is 21.5. The predicted octanol–water partition coefficient (Wildman–Crippen LogP) is -3.67. The number of thioether (sulfide) groups is 1. The van der Waals surface area contributed by atoms with Crippen LogP contribution in [0.4, 0.5) is 5.82 Å². The Labute approximate surface area is 339 Å². The van der Waals surface area contributed by atoms with Crippen LogP contribution in [0.1, 0.15) is 39.3 Å². The number of carbonyl (C=O) groups excluding carboxylic acids is 3. The van der Waals surface area contributed by atoms with E-state index < -0.39 is 90.6 Å². The Bertz CT molecular complexity index is 1950. The summed E-state index contributed by atoms with van der Waals surface area (Å²) in [5.41, 5.74) is 18.5. The third-order valence-corrected chi connectivity index (χ3v) is 12.2. The number of phosphoric acid groups is 3. The molecule has 2 aromatic heterocycles. The summed E-state index contributed by atoms with van der Waals surface area (Å²) in [5.74, 6) is -1.29. The summed E-state index contributed by atoms with van der Waals surface area (Å²) in [6.07, 6.45) is -5.97. The number of aliphatic hydroxyl groups excluding tert-OH is 2. The van der Waals surface area contributed by atoms with Gasteiger partial charge in [0.25, 0.3) is 0 Å². The zero-order valence-electron chi connectivity index (χ0n) is 31.6. The van der Waals surface area contributed by atoms with Crippen molar-refractivity contribution in [2.24, 2.45) is 21.9 Å². The number of nitrogen functional groups attached to an aromatic ring is 1. The van der Waals surface area contributed by atoms with E-state index in [1.807, 2.05) is 0 Å². The van der Waals surface area contributed by atoms with Crippen molar-refractivity contribution in [3.05, 3.63) is 12.7 Å². The number of nitrogens with one attached hydrogen (secondary N) is 2. The molecule has 1 aliphatic rings. The lowest BCUT2D eigenvalue weighted by atomic mass is 9.87. The molecule has 59 heavy (non-hydrogen) atoms. The van der Waals surface area contributed by atoms with Crippen molar-refractivity contribution >= 4 is 75.1 Å². The number of nitrogens with zero attached hydrogens (tertiary/aromatic N) is 5. The number of imidazole rings is 1.